The van der Waals surface area contributed by atoms with Gasteiger partial charge in [-0.3, -0.25) is 4.90 Å². The summed E-state index contributed by atoms with van der Waals surface area (Å²) in [5.74, 6) is 0.708. The lowest BCUT2D eigenvalue weighted by Crippen LogP contribution is -2.30. The lowest BCUT2D eigenvalue weighted by Gasteiger charge is -2.25. The van der Waals surface area contributed by atoms with Crippen molar-refractivity contribution in [3.05, 3.63) is 29.8 Å². The van der Waals surface area contributed by atoms with Crippen LogP contribution >= 0.6 is 0 Å². The summed E-state index contributed by atoms with van der Waals surface area (Å²) in [4.78, 5) is 2.11. The third kappa shape index (κ3) is 2.82. The van der Waals surface area contributed by atoms with Crippen molar-refractivity contribution >= 4 is 11.3 Å². The number of hydrogen-bond acceptors (Lipinski definition) is 3. The molecule has 4 heteroatoms. The van der Waals surface area contributed by atoms with E-state index in [9.17, 15) is 4.39 Å². The third-order valence-corrected chi connectivity index (χ3v) is 3.30. The number of nitrogens with two attached hydrogens (primary N) is 1. The summed E-state index contributed by atoms with van der Waals surface area (Å²) >= 11 is 0. The van der Waals surface area contributed by atoms with Crippen LogP contribution in [0.5, 0.6) is 5.75 Å². The highest BCUT2D eigenvalue weighted by Crippen LogP contribution is 2.29. The minimum atomic E-state index is -0.279. The summed E-state index contributed by atoms with van der Waals surface area (Å²) < 4.78 is 17.5. The van der Waals surface area contributed by atoms with Crippen LogP contribution < -0.4 is 10.5 Å². The predicted molar refractivity (Wildman–Crippen MR) is 72.4 cm³/mol. The molecule has 18 heavy (non-hydrogen) atoms. The third-order valence-electron chi connectivity index (χ3n) is 3.30. The number of ether oxygens (including phenoxy) is 1. The number of rotatable bonds is 4. The van der Waals surface area contributed by atoms with E-state index in [2.05, 4.69) is 11.0 Å². The van der Waals surface area contributed by atoms with Crippen LogP contribution in [0.25, 0.3) is 5.57 Å². The molecule has 0 atom stereocenters. The van der Waals surface area contributed by atoms with Crippen molar-refractivity contribution in [3.8, 4) is 5.75 Å². The molecule has 0 saturated heterocycles. The number of halogens is 1. The number of nitrogen functional groups attached to an aromatic ring is 1. The van der Waals surface area contributed by atoms with E-state index in [1.165, 1.54) is 5.57 Å². The van der Waals surface area contributed by atoms with Gasteiger partial charge in [-0.2, -0.15) is 0 Å². The highest BCUT2D eigenvalue weighted by molar-refractivity contribution is 5.70. The van der Waals surface area contributed by atoms with Crippen molar-refractivity contribution in [2.75, 3.05) is 39.2 Å². The minimum absolute atomic E-state index is 0.279. The topological polar surface area (TPSA) is 38.5 Å². The van der Waals surface area contributed by atoms with E-state index in [1.54, 1.807) is 7.11 Å². The molecule has 2 N–H and O–H groups in total. The van der Waals surface area contributed by atoms with Crippen LogP contribution in [0.3, 0.4) is 0 Å². The zero-order valence-corrected chi connectivity index (χ0v) is 10.7. The van der Waals surface area contributed by atoms with Crippen molar-refractivity contribution in [1.82, 2.24) is 4.90 Å². The molecular formula is C14H19FN2O. The first-order chi connectivity index (χ1) is 8.74. The summed E-state index contributed by atoms with van der Waals surface area (Å²) in [6, 6.07) is 5.84. The van der Waals surface area contributed by atoms with Crippen LogP contribution in [0.15, 0.2) is 24.3 Å². The van der Waals surface area contributed by atoms with Crippen molar-refractivity contribution in [3.63, 3.8) is 0 Å². The Balaban J connectivity index is 2.13. The lowest BCUT2D eigenvalue weighted by molar-refractivity contribution is 0.270. The Morgan fingerprint density at radius 1 is 1.44 bits per heavy atom. The van der Waals surface area contributed by atoms with E-state index in [0.717, 1.165) is 25.1 Å². The molecule has 1 aromatic carbocycles. The van der Waals surface area contributed by atoms with E-state index >= 15 is 0 Å². The monoisotopic (exact) mass is 250 g/mol. The molecule has 0 bridgehead atoms. The van der Waals surface area contributed by atoms with Gasteiger partial charge in [0.2, 0.25) is 0 Å². The Bertz CT molecular complexity index is 445. The SMILES string of the molecule is COc1cc(C2=CCN(CCF)CC2)ccc1N. The van der Waals surface area contributed by atoms with Crippen LogP contribution in [-0.4, -0.2) is 38.3 Å². The van der Waals surface area contributed by atoms with E-state index in [4.69, 9.17) is 10.5 Å². The van der Waals surface area contributed by atoms with Crippen molar-refractivity contribution in [1.29, 1.82) is 0 Å². The van der Waals surface area contributed by atoms with E-state index in [1.807, 2.05) is 18.2 Å². The second-order valence-electron chi connectivity index (χ2n) is 4.43. The molecule has 0 saturated carbocycles. The first-order valence-corrected chi connectivity index (χ1v) is 6.16. The van der Waals surface area contributed by atoms with Gasteiger partial charge in [0.25, 0.3) is 0 Å². The van der Waals surface area contributed by atoms with Crippen LogP contribution in [0, 0.1) is 0 Å². The van der Waals surface area contributed by atoms with Gasteiger partial charge in [0.15, 0.2) is 0 Å². The second-order valence-corrected chi connectivity index (χ2v) is 4.43. The summed E-state index contributed by atoms with van der Waals surface area (Å²) in [6.45, 7) is 1.96. The molecule has 1 heterocycles. The summed E-state index contributed by atoms with van der Waals surface area (Å²) in [7, 11) is 1.62. The molecule has 0 amide bonds. The Morgan fingerprint density at radius 3 is 2.89 bits per heavy atom. The van der Waals surface area contributed by atoms with E-state index in [-0.39, 0.29) is 6.67 Å². The molecule has 0 aliphatic carbocycles. The fraction of sp³-hybridized carbons (Fsp3) is 0.429. The largest absolute Gasteiger partial charge is 0.495 e. The normalized spacial score (nSPS) is 16.4. The quantitative estimate of drug-likeness (QED) is 0.834. The summed E-state index contributed by atoms with van der Waals surface area (Å²) in [5.41, 5.74) is 8.87. The maximum atomic E-state index is 12.2. The van der Waals surface area contributed by atoms with E-state index in [0.29, 0.717) is 18.0 Å². The van der Waals surface area contributed by atoms with Gasteiger partial charge in [-0.25, -0.2) is 4.39 Å². The Kier molecular flexibility index (Phi) is 4.20. The molecule has 0 aromatic heterocycles. The number of methoxy groups -OCH3 is 1. The van der Waals surface area contributed by atoms with Gasteiger partial charge in [0.1, 0.15) is 12.4 Å². The average Bonchev–Trinajstić information content (AvgIpc) is 2.41. The Labute approximate surface area is 107 Å². The maximum Gasteiger partial charge on any atom is 0.142 e. The molecule has 0 radical (unpaired) electrons. The molecule has 0 fully saturated rings. The van der Waals surface area contributed by atoms with Crippen molar-refractivity contribution in [2.24, 2.45) is 0 Å². The maximum absolute atomic E-state index is 12.2. The molecular weight excluding hydrogens is 231 g/mol. The molecule has 0 spiro atoms. The van der Waals surface area contributed by atoms with Crippen LogP contribution in [-0.2, 0) is 0 Å². The van der Waals surface area contributed by atoms with Gasteiger partial charge >= 0.3 is 0 Å². The molecule has 3 nitrogen and oxygen atoms in total. The Morgan fingerprint density at radius 2 is 2.28 bits per heavy atom. The molecule has 1 aliphatic heterocycles. The van der Waals surface area contributed by atoms with Gasteiger partial charge in [-0.1, -0.05) is 12.1 Å². The van der Waals surface area contributed by atoms with Crippen LogP contribution in [0.2, 0.25) is 0 Å². The zero-order chi connectivity index (χ0) is 13.0. The Hall–Kier alpha value is -1.55. The van der Waals surface area contributed by atoms with Gasteiger partial charge < -0.3 is 10.5 Å². The molecule has 1 aromatic rings. The fourth-order valence-corrected chi connectivity index (χ4v) is 2.21. The molecule has 0 unspecified atom stereocenters. The number of nitrogens with zero attached hydrogens (tertiary/aromatic N) is 1. The van der Waals surface area contributed by atoms with Gasteiger partial charge in [-0.15, -0.1) is 0 Å². The first kappa shape index (κ1) is 12.9. The van der Waals surface area contributed by atoms with Gasteiger partial charge in [0, 0.05) is 19.6 Å². The van der Waals surface area contributed by atoms with Gasteiger partial charge in [-0.05, 0) is 29.7 Å². The molecule has 98 valence electrons. The number of alkyl halides is 1. The number of benzene rings is 1. The second kappa shape index (κ2) is 5.87. The molecule has 1 aliphatic rings. The van der Waals surface area contributed by atoms with Crippen LogP contribution in [0.4, 0.5) is 10.1 Å². The smallest absolute Gasteiger partial charge is 0.142 e. The minimum Gasteiger partial charge on any atom is -0.495 e. The summed E-state index contributed by atoms with van der Waals surface area (Å²) in [5, 5.41) is 0. The lowest BCUT2D eigenvalue weighted by atomic mass is 9.99. The number of hydrogen-bond donors (Lipinski definition) is 1. The summed E-state index contributed by atoms with van der Waals surface area (Å²) in [6.07, 6.45) is 3.09. The standard InChI is InChI=1S/C14H19FN2O/c1-18-14-10-12(2-3-13(14)16)11-4-7-17(8-5-11)9-6-15/h2-4,10H,5-9,16H2,1H3. The highest BCUT2D eigenvalue weighted by atomic mass is 19.1. The average molecular weight is 250 g/mol. The fourth-order valence-electron chi connectivity index (χ4n) is 2.21. The van der Waals surface area contributed by atoms with Crippen molar-refractivity contribution < 1.29 is 9.13 Å². The first-order valence-electron chi connectivity index (χ1n) is 6.16. The van der Waals surface area contributed by atoms with E-state index < -0.39 is 0 Å². The molecule has 2 rings (SSSR count). The zero-order valence-electron chi connectivity index (χ0n) is 10.7. The van der Waals surface area contributed by atoms with Crippen LogP contribution in [0.1, 0.15) is 12.0 Å². The number of anilines is 1. The predicted octanol–water partition coefficient (Wildman–Crippen LogP) is 2.34. The van der Waals surface area contributed by atoms with Gasteiger partial charge in [0.05, 0.1) is 12.8 Å². The highest BCUT2D eigenvalue weighted by Gasteiger charge is 2.13. The van der Waals surface area contributed by atoms with Crippen molar-refractivity contribution in [2.45, 2.75) is 6.42 Å².